The average molecular weight is 461 g/mol. The highest BCUT2D eigenvalue weighted by atomic mass is 35.5. The molecule has 0 aliphatic rings. The van der Waals surface area contributed by atoms with Crippen molar-refractivity contribution in [3.05, 3.63) is 73.4 Å². The standard InChI is InChI=1S/C20H14Cl2N4O3S/c1-9(12-8-30-18(17(12)27)10-2-4-13(21)14(22)6-10)25-26-19(28)11-3-5-15-16(7-11)24-20(29)23-15/h2-8,27H,1H3,(H,26,28)(H2,23,24,29)/b25-9+. The van der Waals surface area contributed by atoms with Crippen LogP contribution in [0.5, 0.6) is 5.75 Å². The lowest BCUT2D eigenvalue weighted by Gasteiger charge is -2.04. The molecule has 30 heavy (non-hydrogen) atoms. The number of aromatic nitrogens is 2. The number of aromatic amines is 2. The van der Waals surface area contributed by atoms with Crippen molar-refractivity contribution in [2.75, 3.05) is 0 Å². The number of carbonyl (C=O) groups excluding carboxylic acids is 1. The fourth-order valence-electron chi connectivity index (χ4n) is 2.88. The minimum absolute atomic E-state index is 0.0419. The molecular weight excluding hydrogens is 447 g/mol. The first-order valence-corrected chi connectivity index (χ1v) is 10.3. The first-order valence-electron chi connectivity index (χ1n) is 8.66. The van der Waals surface area contributed by atoms with E-state index in [-0.39, 0.29) is 11.4 Å². The monoisotopic (exact) mass is 460 g/mol. The Labute approximate surface area is 184 Å². The van der Waals surface area contributed by atoms with Gasteiger partial charge in [0.1, 0.15) is 5.75 Å². The number of aromatic hydroxyl groups is 1. The zero-order chi connectivity index (χ0) is 21.4. The van der Waals surface area contributed by atoms with Gasteiger partial charge in [0.15, 0.2) is 0 Å². The number of imidazole rings is 1. The summed E-state index contributed by atoms with van der Waals surface area (Å²) in [4.78, 5) is 29.6. The first-order chi connectivity index (χ1) is 14.3. The largest absolute Gasteiger partial charge is 0.506 e. The Bertz CT molecular complexity index is 1370. The SMILES string of the molecule is C/C(=N\NC(=O)c1ccc2[nH]c(=O)[nH]c2c1)c1csc(-c2ccc(Cl)c(Cl)c2)c1O. The molecule has 0 atom stereocenters. The van der Waals surface area contributed by atoms with Crippen molar-refractivity contribution >= 4 is 57.2 Å². The van der Waals surface area contributed by atoms with Crippen molar-refractivity contribution in [3.8, 4) is 16.2 Å². The Hall–Kier alpha value is -3.07. The molecule has 0 bridgehead atoms. The molecule has 0 aliphatic heterocycles. The number of hydrogen-bond acceptors (Lipinski definition) is 5. The highest BCUT2D eigenvalue weighted by molar-refractivity contribution is 7.14. The molecule has 0 spiro atoms. The highest BCUT2D eigenvalue weighted by Gasteiger charge is 2.16. The van der Waals surface area contributed by atoms with Crippen molar-refractivity contribution in [1.29, 1.82) is 0 Å². The number of nitrogens with one attached hydrogen (secondary N) is 3. The van der Waals surface area contributed by atoms with Gasteiger partial charge >= 0.3 is 5.69 Å². The number of carbonyl (C=O) groups is 1. The van der Waals surface area contributed by atoms with E-state index in [2.05, 4.69) is 20.5 Å². The molecule has 10 heteroatoms. The summed E-state index contributed by atoms with van der Waals surface area (Å²) >= 11 is 13.3. The predicted molar refractivity (Wildman–Crippen MR) is 120 cm³/mol. The molecule has 152 valence electrons. The maximum atomic E-state index is 12.4. The molecule has 0 saturated carbocycles. The number of hydrogen-bond donors (Lipinski definition) is 4. The number of halogens is 2. The normalized spacial score (nSPS) is 11.8. The van der Waals surface area contributed by atoms with E-state index in [1.54, 1.807) is 48.7 Å². The van der Waals surface area contributed by atoms with Gasteiger partial charge in [-0.25, -0.2) is 10.2 Å². The van der Waals surface area contributed by atoms with Crippen LogP contribution in [0.25, 0.3) is 21.5 Å². The number of rotatable bonds is 4. The zero-order valence-corrected chi connectivity index (χ0v) is 17.7. The van der Waals surface area contributed by atoms with Gasteiger partial charge in [0.2, 0.25) is 0 Å². The van der Waals surface area contributed by atoms with E-state index in [0.29, 0.717) is 42.8 Å². The maximum absolute atomic E-state index is 12.4. The molecule has 2 aromatic heterocycles. The van der Waals surface area contributed by atoms with Gasteiger partial charge in [-0.15, -0.1) is 11.3 Å². The highest BCUT2D eigenvalue weighted by Crippen LogP contribution is 2.40. The van der Waals surface area contributed by atoms with E-state index in [0.717, 1.165) is 5.56 Å². The van der Waals surface area contributed by atoms with E-state index in [1.165, 1.54) is 11.3 Å². The van der Waals surface area contributed by atoms with Crippen molar-refractivity contribution in [1.82, 2.24) is 15.4 Å². The average Bonchev–Trinajstić information content (AvgIpc) is 3.29. The summed E-state index contributed by atoms with van der Waals surface area (Å²) in [5, 5.41) is 17.3. The predicted octanol–water partition coefficient (Wildman–Crippen LogP) is 4.75. The van der Waals surface area contributed by atoms with Crippen LogP contribution in [0, 0.1) is 0 Å². The minimum Gasteiger partial charge on any atom is -0.506 e. The second kappa shape index (κ2) is 7.98. The Morgan fingerprint density at radius 1 is 1.10 bits per heavy atom. The Kier molecular flexibility index (Phi) is 5.38. The van der Waals surface area contributed by atoms with Gasteiger partial charge in [-0.3, -0.25) is 4.79 Å². The van der Waals surface area contributed by atoms with Gasteiger partial charge in [-0.05, 0) is 42.8 Å². The molecule has 0 unspecified atom stereocenters. The number of nitrogens with zero attached hydrogens (tertiary/aromatic N) is 1. The van der Waals surface area contributed by atoms with Crippen molar-refractivity contribution in [2.45, 2.75) is 6.92 Å². The molecule has 2 aromatic carbocycles. The number of thiophene rings is 1. The quantitative estimate of drug-likeness (QED) is 0.260. The molecule has 7 nitrogen and oxygen atoms in total. The summed E-state index contributed by atoms with van der Waals surface area (Å²) in [6.45, 7) is 1.67. The van der Waals surface area contributed by atoms with Crippen LogP contribution in [-0.2, 0) is 0 Å². The maximum Gasteiger partial charge on any atom is 0.323 e. The van der Waals surface area contributed by atoms with Crippen LogP contribution in [0.2, 0.25) is 10.0 Å². The smallest absolute Gasteiger partial charge is 0.323 e. The first kappa shape index (κ1) is 20.2. The van der Waals surface area contributed by atoms with Crippen LogP contribution in [0.3, 0.4) is 0 Å². The molecule has 0 aliphatic carbocycles. The van der Waals surface area contributed by atoms with E-state index >= 15 is 0 Å². The van der Waals surface area contributed by atoms with Crippen molar-refractivity contribution in [3.63, 3.8) is 0 Å². The van der Waals surface area contributed by atoms with Crippen LogP contribution < -0.4 is 11.1 Å². The van der Waals surface area contributed by atoms with Gasteiger partial charge < -0.3 is 15.1 Å². The lowest BCUT2D eigenvalue weighted by molar-refractivity contribution is 0.0955. The summed E-state index contributed by atoms with van der Waals surface area (Å²) < 4.78 is 0. The van der Waals surface area contributed by atoms with Gasteiger partial charge in [-0.2, -0.15) is 5.10 Å². The van der Waals surface area contributed by atoms with Gasteiger partial charge in [-0.1, -0.05) is 29.3 Å². The molecule has 2 heterocycles. The summed E-state index contributed by atoms with van der Waals surface area (Å²) in [7, 11) is 0. The van der Waals surface area contributed by atoms with Crippen LogP contribution in [-0.4, -0.2) is 26.7 Å². The molecular formula is C20H14Cl2N4O3S. The third-order valence-corrected chi connectivity index (χ3v) is 6.20. The second-order valence-corrected chi connectivity index (χ2v) is 8.13. The molecule has 0 radical (unpaired) electrons. The van der Waals surface area contributed by atoms with Gasteiger partial charge in [0, 0.05) is 10.9 Å². The molecule has 4 aromatic rings. The van der Waals surface area contributed by atoms with E-state index in [4.69, 9.17) is 23.2 Å². The number of hydrazone groups is 1. The van der Waals surface area contributed by atoms with E-state index in [1.807, 2.05) is 0 Å². The van der Waals surface area contributed by atoms with Crippen LogP contribution in [0.1, 0.15) is 22.8 Å². The fourth-order valence-corrected chi connectivity index (χ4v) is 4.18. The van der Waals surface area contributed by atoms with Crippen molar-refractivity contribution in [2.24, 2.45) is 5.10 Å². The van der Waals surface area contributed by atoms with Crippen LogP contribution in [0.4, 0.5) is 0 Å². The summed E-state index contributed by atoms with van der Waals surface area (Å²) in [5.74, 6) is -0.405. The molecule has 1 amide bonds. The lowest BCUT2D eigenvalue weighted by Crippen LogP contribution is -2.19. The van der Waals surface area contributed by atoms with Gasteiger partial charge in [0.05, 0.1) is 37.2 Å². The van der Waals surface area contributed by atoms with Gasteiger partial charge in [0.25, 0.3) is 5.91 Å². The Balaban J connectivity index is 1.55. The summed E-state index contributed by atoms with van der Waals surface area (Å²) in [6.07, 6.45) is 0. The minimum atomic E-state index is -0.447. The Morgan fingerprint density at radius 2 is 1.87 bits per heavy atom. The fraction of sp³-hybridized carbons (Fsp3) is 0.0500. The van der Waals surface area contributed by atoms with E-state index in [9.17, 15) is 14.7 Å². The Morgan fingerprint density at radius 3 is 2.63 bits per heavy atom. The molecule has 4 rings (SSSR count). The molecule has 4 N–H and O–H groups in total. The number of benzene rings is 2. The number of H-pyrrole nitrogens is 2. The number of fused-ring (bicyclic) bond motifs is 1. The van der Waals surface area contributed by atoms with Crippen LogP contribution >= 0.6 is 34.5 Å². The summed E-state index contributed by atoms with van der Waals surface area (Å²) in [6, 6.07) is 9.86. The molecule has 0 fully saturated rings. The molecule has 0 saturated heterocycles. The topological polar surface area (TPSA) is 110 Å². The third-order valence-electron chi connectivity index (χ3n) is 4.44. The third kappa shape index (κ3) is 3.85. The summed E-state index contributed by atoms with van der Waals surface area (Å²) in [5.41, 5.74) is 5.23. The second-order valence-electron chi connectivity index (χ2n) is 6.43. The van der Waals surface area contributed by atoms with Crippen LogP contribution in [0.15, 0.2) is 51.7 Å². The van der Waals surface area contributed by atoms with E-state index < -0.39 is 5.91 Å². The van der Waals surface area contributed by atoms with Crippen molar-refractivity contribution < 1.29 is 9.90 Å². The lowest BCUT2D eigenvalue weighted by atomic mass is 10.1. The number of amides is 1. The zero-order valence-electron chi connectivity index (χ0n) is 15.4.